The van der Waals surface area contributed by atoms with E-state index in [-0.39, 0.29) is 11.8 Å². The van der Waals surface area contributed by atoms with Gasteiger partial charge in [-0.3, -0.25) is 9.78 Å². The highest BCUT2D eigenvalue weighted by Gasteiger charge is 2.31. The molecule has 2 atom stereocenters. The van der Waals surface area contributed by atoms with Gasteiger partial charge in [-0.2, -0.15) is 0 Å². The van der Waals surface area contributed by atoms with Gasteiger partial charge in [0, 0.05) is 24.9 Å². The van der Waals surface area contributed by atoms with Crippen LogP contribution in [0, 0.1) is 5.92 Å². The average Bonchev–Trinajstić information content (AvgIpc) is 2.30. The number of hydrogen-bond donors (Lipinski definition) is 2. The lowest BCUT2D eigenvalue weighted by Crippen LogP contribution is -2.39. The van der Waals surface area contributed by atoms with Crippen LogP contribution in [0.3, 0.4) is 0 Å². The maximum absolute atomic E-state index is 11.1. The maximum atomic E-state index is 11.1. The summed E-state index contributed by atoms with van der Waals surface area (Å²) in [7, 11) is 0. The third-order valence-electron chi connectivity index (χ3n) is 2.91. The number of carboxylic acid groups (broad SMARTS) is 1. The van der Waals surface area contributed by atoms with Crippen molar-refractivity contribution in [3.8, 4) is 0 Å². The first kappa shape index (κ1) is 10.1. The molecule has 2 heterocycles. The van der Waals surface area contributed by atoms with Crippen LogP contribution < -0.4 is 5.32 Å². The molecule has 4 nitrogen and oxygen atoms in total. The Morgan fingerprint density at radius 3 is 3.13 bits per heavy atom. The molecule has 1 saturated heterocycles. The lowest BCUT2D eigenvalue weighted by atomic mass is 9.82. The van der Waals surface area contributed by atoms with Crippen molar-refractivity contribution in [3.05, 3.63) is 30.1 Å². The molecule has 2 N–H and O–H groups in total. The van der Waals surface area contributed by atoms with Gasteiger partial charge in [-0.05, 0) is 24.6 Å². The number of rotatable bonds is 2. The monoisotopic (exact) mass is 206 g/mol. The number of pyridine rings is 1. The Morgan fingerprint density at radius 2 is 2.47 bits per heavy atom. The summed E-state index contributed by atoms with van der Waals surface area (Å²) >= 11 is 0. The Labute approximate surface area is 88.3 Å². The summed E-state index contributed by atoms with van der Waals surface area (Å²) in [5.74, 6) is -0.962. The molecule has 1 aromatic rings. The minimum atomic E-state index is -0.726. The summed E-state index contributed by atoms with van der Waals surface area (Å²) in [5, 5.41) is 12.2. The van der Waals surface area contributed by atoms with Crippen LogP contribution in [-0.4, -0.2) is 29.1 Å². The SMILES string of the molecule is O=C(O)C1CNCCC1c1cccnc1. The van der Waals surface area contributed by atoms with Gasteiger partial charge in [-0.1, -0.05) is 6.07 Å². The van der Waals surface area contributed by atoms with E-state index >= 15 is 0 Å². The molecule has 1 aliphatic rings. The van der Waals surface area contributed by atoms with E-state index in [0.717, 1.165) is 18.5 Å². The number of nitrogens with zero attached hydrogens (tertiary/aromatic N) is 1. The molecule has 1 aromatic heterocycles. The number of carboxylic acids is 1. The van der Waals surface area contributed by atoms with Crippen molar-refractivity contribution in [1.29, 1.82) is 0 Å². The Hall–Kier alpha value is -1.42. The Balaban J connectivity index is 2.22. The largest absolute Gasteiger partial charge is 0.481 e. The molecule has 2 rings (SSSR count). The summed E-state index contributed by atoms with van der Waals surface area (Å²) in [5.41, 5.74) is 1.03. The van der Waals surface area contributed by atoms with Gasteiger partial charge in [0.1, 0.15) is 0 Å². The number of carbonyl (C=O) groups is 1. The Kier molecular flexibility index (Phi) is 2.97. The summed E-state index contributed by atoms with van der Waals surface area (Å²) in [4.78, 5) is 15.1. The minimum absolute atomic E-state index is 0.0949. The fourth-order valence-corrected chi connectivity index (χ4v) is 2.11. The minimum Gasteiger partial charge on any atom is -0.481 e. The van der Waals surface area contributed by atoms with Gasteiger partial charge in [-0.25, -0.2) is 0 Å². The molecule has 2 unspecified atom stereocenters. The van der Waals surface area contributed by atoms with Crippen LogP contribution in [0.4, 0.5) is 0 Å². The van der Waals surface area contributed by atoms with Crippen LogP contribution in [0.5, 0.6) is 0 Å². The van der Waals surface area contributed by atoms with Crippen molar-refractivity contribution in [1.82, 2.24) is 10.3 Å². The van der Waals surface area contributed by atoms with E-state index in [1.165, 1.54) is 0 Å². The van der Waals surface area contributed by atoms with Crippen LogP contribution in [0.25, 0.3) is 0 Å². The predicted molar refractivity (Wildman–Crippen MR) is 55.6 cm³/mol. The highest BCUT2D eigenvalue weighted by Crippen LogP contribution is 2.29. The van der Waals surface area contributed by atoms with Crippen LogP contribution in [0.1, 0.15) is 17.9 Å². The van der Waals surface area contributed by atoms with Gasteiger partial charge < -0.3 is 10.4 Å². The number of piperidine rings is 1. The molecule has 0 amide bonds. The molecule has 0 bridgehead atoms. The van der Waals surface area contributed by atoms with Crippen molar-refractivity contribution in [2.75, 3.05) is 13.1 Å². The molecule has 15 heavy (non-hydrogen) atoms. The Bertz CT molecular complexity index is 340. The summed E-state index contributed by atoms with van der Waals surface area (Å²) in [6.07, 6.45) is 4.34. The number of nitrogens with one attached hydrogen (secondary N) is 1. The lowest BCUT2D eigenvalue weighted by molar-refractivity contribution is -0.142. The predicted octanol–water partition coefficient (Wildman–Crippen LogP) is 0.859. The first-order valence-electron chi connectivity index (χ1n) is 5.12. The van der Waals surface area contributed by atoms with Crippen LogP contribution in [0.15, 0.2) is 24.5 Å². The van der Waals surface area contributed by atoms with Crippen molar-refractivity contribution >= 4 is 5.97 Å². The van der Waals surface area contributed by atoms with Crippen molar-refractivity contribution < 1.29 is 9.90 Å². The van der Waals surface area contributed by atoms with Gasteiger partial charge in [0.05, 0.1) is 5.92 Å². The van der Waals surface area contributed by atoms with E-state index in [1.807, 2.05) is 12.1 Å². The molecule has 0 saturated carbocycles. The van der Waals surface area contributed by atoms with Crippen molar-refractivity contribution in [2.45, 2.75) is 12.3 Å². The zero-order chi connectivity index (χ0) is 10.7. The molecule has 0 aliphatic carbocycles. The van der Waals surface area contributed by atoms with Crippen LogP contribution >= 0.6 is 0 Å². The zero-order valence-corrected chi connectivity index (χ0v) is 8.39. The maximum Gasteiger partial charge on any atom is 0.308 e. The first-order valence-corrected chi connectivity index (χ1v) is 5.12. The summed E-state index contributed by atoms with van der Waals surface area (Å²) < 4.78 is 0. The smallest absolute Gasteiger partial charge is 0.308 e. The molecule has 80 valence electrons. The van der Waals surface area contributed by atoms with Gasteiger partial charge in [-0.15, -0.1) is 0 Å². The highest BCUT2D eigenvalue weighted by molar-refractivity contribution is 5.71. The second kappa shape index (κ2) is 4.40. The van der Waals surface area contributed by atoms with Crippen LogP contribution in [-0.2, 0) is 4.79 Å². The van der Waals surface area contributed by atoms with Gasteiger partial charge in [0.25, 0.3) is 0 Å². The quantitative estimate of drug-likeness (QED) is 0.753. The molecule has 1 fully saturated rings. The third kappa shape index (κ3) is 2.15. The van der Waals surface area contributed by atoms with E-state index < -0.39 is 5.97 Å². The molecule has 4 heteroatoms. The third-order valence-corrected chi connectivity index (χ3v) is 2.91. The van der Waals surface area contributed by atoms with Gasteiger partial charge in [0.15, 0.2) is 0 Å². The molecule has 1 aliphatic heterocycles. The average molecular weight is 206 g/mol. The number of aromatic nitrogens is 1. The van der Waals surface area contributed by atoms with Crippen molar-refractivity contribution in [2.24, 2.45) is 5.92 Å². The second-order valence-corrected chi connectivity index (χ2v) is 3.83. The first-order chi connectivity index (χ1) is 7.29. The zero-order valence-electron chi connectivity index (χ0n) is 8.39. The second-order valence-electron chi connectivity index (χ2n) is 3.83. The van der Waals surface area contributed by atoms with Crippen molar-refractivity contribution in [3.63, 3.8) is 0 Å². The van der Waals surface area contributed by atoms with E-state index in [2.05, 4.69) is 10.3 Å². The topological polar surface area (TPSA) is 62.2 Å². The molecule has 0 aromatic carbocycles. The fraction of sp³-hybridized carbons (Fsp3) is 0.455. The van der Waals surface area contributed by atoms with E-state index in [0.29, 0.717) is 6.54 Å². The Morgan fingerprint density at radius 1 is 1.60 bits per heavy atom. The molecular formula is C11H14N2O2. The number of hydrogen-bond acceptors (Lipinski definition) is 3. The van der Waals surface area contributed by atoms with E-state index in [9.17, 15) is 4.79 Å². The van der Waals surface area contributed by atoms with Gasteiger partial charge in [0.2, 0.25) is 0 Å². The van der Waals surface area contributed by atoms with E-state index in [4.69, 9.17) is 5.11 Å². The highest BCUT2D eigenvalue weighted by atomic mass is 16.4. The van der Waals surface area contributed by atoms with Gasteiger partial charge >= 0.3 is 5.97 Å². The lowest BCUT2D eigenvalue weighted by Gasteiger charge is -2.29. The van der Waals surface area contributed by atoms with E-state index in [1.54, 1.807) is 12.4 Å². The molecule has 0 spiro atoms. The fourth-order valence-electron chi connectivity index (χ4n) is 2.11. The summed E-state index contributed by atoms with van der Waals surface area (Å²) in [6, 6.07) is 3.81. The molecule has 0 radical (unpaired) electrons. The standard InChI is InChI=1S/C11H14N2O2/c14-11(15)10-7-13-5-3-9(10)8-2-1-4-12-6-8/h1-2,4,6,9-10,13H,3,5,7H2,(H,14,15). The number of aliphatic carboxylic acids is 1. The molecular weight excluding hydrogens is 192 g/mol. The summed E-state index contributed by atoms with van der Waals surface area (Å²) in [6.45, 7) is 1.43. The normalized spacial score (nSPS) is 26.1. The van der Waals surface area contributed by atoms with Crippen LogP contribution in [0.2, 0.25) is 0 Å².